The molecule has 1 saturated heterocycles. The van der Waals surface area contributed by atoms with E-state index in [2.05, 4.69) is 0 Å². The Labute approximate surface area is 153 Å². The van der Waals surface area contributed by atoms with Gasteiger partial charge in [-0.05, 0) is 44.7 Å². The van der Waals surface area contributed by atoms with E-state index in [-0.39, 0.29) is 35.7 Å². The van der Waals surface area contributed by atoms with Crippen molar-refractivity contribution in [2.75, 3.05) is 13.1 Å². The van der Waals surface area contributed by atoms with Crippen molar-refractivity contribution in [3.8, 4) is 5.75 Å². The van der Waals surface area contributed by atoms with E-state index in [1.165, 1.54) is 0 Å². The van der Waals surface area contributed by atoms with Gasteiger partial charge in [0.15, 0.2) is 5.78 Å². The maximum Gasteiger partial charge on any atom is 0.226 e. The molecule has 5 rings (SSSR count). The first-order valence-electron chi connectivity index (χ1n) is 9.74. The minimum absolute atomic E-state index is 0.0133. The average Bonchev–Trinajstić information content (AvgIpc) is 3.24. The highest BCUT2D eigenvalue weighted by atomic mass is 16.5. The minimum Gasteiger partial charge on any atom is -0.486 e. The van der Waals surface area contributed by atoms with Crippen molar-refractivity contribution in [2.45, 2.75) is 50.9 Å². The largest absolute Gasteiger partial charge is 0.486 e. The summed E-state index contributed by atoms with van der Waals surface area (Å²) >= 11 is 0. The van der Waals surface area contributed by atoms with Crippen LogP contribution in [0.5, 0.6) is 5.75 Å². The third-order valence-corrected chi connectivity index (χ3v) is 6.65. The van der Waals surface area contributed by atoms with Crippen LogP contribution in [0, 0.1) is 17.8 Å². The summed E-state index contributed by atoms with van der Waals surface area (Å²) in [5, 5.41) is 0. The molecule has 0 bridgehead atoms. The summed E-state index contributed by atoms with van der Waals surface area (Å²) in [7, 11) is 0. The molecule has 0 radical (unpaired) electrons. The number of carbonyl (C=O) groups is 2. The fraction of sp³-hybridized carbons (Fsp3) is 0.619. The molecule has 138 valence electrons. The van der Waals surface area contributed by atoms with E-state index in [9.17, 15) is 9.59 Å². The summed E-state index contributed by atoms with van der Waals surface area (Å²) in [6.45, 7) is 5.36. The molecule has 5 heteroatoms. The summed E-state index contributed by atoms with van der Waals surface area (Å²) in [6.07, 6.45) is 2.42. The average molecular weight is 355 g/mol. The van der Waals surface area contributed by atoms with Crippen molar-refractivity contribution in [3.05, 3.63) is 29.8 Å². The van der Waals surface area contributed by atoms with Crippen LogP contribution in [-0.2, 0) is 9.53 Å². The number of hydrogen-bond acceptors (Lipinski definition) is 4. The van der Waals surface area contributed by atoms with Crippen molar-refractivity contribution < 1.29 is 19.1 Å². The van der Waals surface area contributed by atoms with Crippen molar-refractivity contribution >= 4 is 11.7 Å². The van der Waals surface area contributed by atoms with E-state index >= 15 is 0 Å². The Kier molecular flexibility index (Phi) is 3.48. The van der Waals surface area contributed by atoms with Gasteiger partial charge in [0.2, 0.25) is 5.91 Å². The SMILES string of the molecule is C[C@@H]1CN(C(=O)[C@@H]2[C@@H]3CC[C@]4(CC(=O)c5ccccc5O4)[C@H]32)C[C@@H](C)O1. The quantitative estimate of drug-likeness (QED) is 0.777. The predicted molar refractivity (Wildman–Crippen MR) is 95.0 cm³/mol. The van der Waals surface area contributed by atoms with Crippen LogP contribution in [0.2, 0.25) is 0 Å². The van der Waals surface area contributed by atoms with Crippen LogP contribution in [-0.4, -0.2) is 47.5 Å². The zero-order valence-corrected chi connectivity index (χ0v) is 15.3. The molecule has 1 spiro atoms. The normalized spacial score (nSPS) is 40.8. The maximum absolute atomic E-state index is 13.1. The zero-order chi connectivity index (χ0) is 18.1. The van der Waals surface area contributed by atoms with Gasteiger partial charge in [-0.1, -0.05) is 12.1 Å². The number of para-hydroxylation sites is 1. The number of amides is 1. The van der Waals surface area contributed by atoms with Gasteiger partial charge in [0.1, 0.15) is 11.4 Å². The van der Waals surface area contributed by atoms with E-state index < -0.39 is 5.60 Å². The number of ether oxygens (including phenoxy) is 2. The smallest absolute Gasteiger partial charge is 0.226 e. The highest BCUT2D eigenvalue weighted by Gasteiger charge is 2.71. The molecule has 1 amide bonds. The van der Waals surface area contributed by atoms with Crippen LogP contribution in [0.15, 0.2) is 24.3 Å². The number of hydrogen-bond donors (Lipinski definition) is 0. The number of ketones is 1. The Morgan fingerprint density at radius 2 is 1.92 bits per heavy atom. The highest BCUT2D eigenvalue weighted by Crippen LogP contribution is 2.66. The number of nitrogens with zero attached hydrogens (tertiary/aromatic N) is 1. The molecule has 2 aliphatic heterocycles. The second kappa shape index (κ2) is 5.56. The van der Waals surface area contributed by atoms with Gasteiger partial charge in [-0.2, -0.15) is 0 Å². The number of fused-ring (bicyclic) bond motifs is 3. The van der Waals surface area contributed by atoms with Gasteiger partial charge in [-0.25, -0.2) is 0 Å². The van der Waals surface area contributed by atoms with E-state index in [0.29, 0.717) is 36.7 Å². The van der Waals surface area contributed by atoms with Crippen LogP contribution >= 0.6 is 0 Å². The molecule has 2 aliphatic carbocycles. The van der Waals surface area contributed by atoms with Crippen LogP contribution in [0.1, 0.15) is 43.5 Å². The first-order chi connectivity index (χ1) is 12.5. The molecule has 0 N–H and O–H groups in total. The van der Waals surface area contributed by atoms with Crippen molar-refractivity contribution in [2.24, 2.45) is 17.8 Å². The van der Waals surface area contributed by atoms with Gasteiger partial charge < -0.3 is 14.4 Å². The van der Waals surface area contributed by atoms with Gasteiger partial charge in [0, 0.05) is 24.9 Å². The molecule has 4 aliphatic rings. The number of rotatable bonds is 1. The van der Waals surface area contributed by atoms with Crippen molar-refractivity contribution in [1.82, 2.24) is 4.90 Å². The first kappa shape index (κ1) is 16.3. The Morgan fingerprint density at radius 3 is 2.69 bits per heavy atom. The van der Waals surface area contributed by atoms with Gasteiger partial charge in [0.25, 0.3) is 0 Å². The highest BCUT2D eigenvalue weighted by molar-refractivity contribution is 6.00. The maximum atomic E-state index is 13.1. The molecule has 2 heterocycles. The van der Waals surface area contributed by atoms with E-state index in [1.54, 1.807) is 0 Å². The Balaban J connectivity index is 1.37. The topological polar surface area (TPSA) is 55.8 Å². The van der Waals surface area contributed by atoms with Crippen LogP contribution in [0.25, 0.3) is 0 Å². The van der Waals surface area contributed by atoms with Crippen LogP contribution < -0.4 is 4.74 Å². The molecule has 3 fully saturated rings. The van der Waals surface area contributed by atoms with Gasteiger partial charge >= 0.3 is 0 Å². The van der Waals surface area contributed by atoms with Crippen LogP contribution in [0.4, 0.5) is 0 Å². The second-order valence-electron chi connectivity index (χ2n) is 8.52. The number of Topliss-reactive ketones (excluding diaryl/α,β-unsaturated/α-hetero) is 1. The molecular formula is C21H25NO4. The van der Waals surface area contributed by atoms with E-state index in [1.807, 2.05) is 43.0 Å². The molecule has 1 aromatic rings. The lowest BCUT2D eigenvalue weighted by atomic mass is 9.84. The Hall–Kier alpha value is -1.88. The third kappa shape index (κ3) is 2.33. The number of benzene rings is 1. The molecule has 6 atom stereocenters. The molecule has 5 nitrogen and oxygen atoms in total. The van der Waals surface area contributed by atoms with Gasteiger partial charge in [-0.3, -0.25) is 9.59 Å². The molecular weight excluding hydrogens is 330 g/mol. The predicted octanol–water partition coefficient (Wildman–Crippen LogP) is 2.68. The fourth-order valence-corrected chi connectivity index (χ4v) is 5.67. The number of carbonyl (C=O) groups excluding carboxylic acids is 2. The molecule has 2 saturated carbocycles. The molecule has 26 heavy (non-hydrogen) atoms. The second-order valence-corrected chi connectivity index (χ2v) is 8.52. The molecule has 0 aromatic heterocycles. The zero-order valence-electron chi connectivity index (χ0n) is 15.3. The van der Waals surface area contributed by atoms with Crippen molar-refractivity contribution in [1.29, 1.82) is 0 Å². The summed E-state index contributed by atoms with van der Waals surface area (Å²) in [5.74, 6) is 1.64. The Bertz CT molecular complexity index is 767. The Morgan fingerprint density at radius 1 is 1.19 bits per heavy atom. The van der Waals surface area contributed by atoms with E-state index in [4.69, 9.17) is 9.47 Å². The lowest BCUT2D eigenvalue weighted by Gasteiger charge is -2.38. The molecule has 0 unspecified atom stereocenters. The first-order valence-corrected chi connectivity index (χ1v) is 9.74. The summed E-state index contributed by atoms with van der Waals surface area (Å²) in [4.78, 5) is 27.8. The molecule has 1 aromatic carbocycles. The van der Waals surface area contributed by atoms with Crippen molar-refractivity contribution in [3.63, 3.8) is 0 Å². The fourth-order valence-electron chi connectivity index (χ4n) is 5.67. The lowest BCUT2D eigenvalue weighted by Crippen LogP contribution is -2.50. The van der Waals surface area contributed by atoms with E-state index in [0.717, 1.165) is 12.8 Å². The summed E-state index contributed by atoms with van der Waals surface area (Å²) < 4.78 is 12.2. The van der Waals surface area contributed by atoms with Gasteiger partial charge in [-0.15, -0.1) is 0 Å². The third-order valence-electron chi connectivity index (χ3n) is 6.65. The van der Waals surface area contributed by atoms with Crippen LogP contribution in [0.3, 0.4) is 0 Å². The number of morpholine rings is 1. The summed E-state index contributed by atoms with van der Waals surface area (Å²) in [6, 6.07) is 7.50. The van der Waals surface area contributed by atoms with Gasteiger partial charge in [0.05, 0.1) is 24.2 Å². The summed E-state index contributed by atoms with van der Waals surface area (Å²) in [5.41, 5.74) is 0.209. The lowest BCUT2D eigenvalue weighted by molar-refractivity contribution is -0.146. The standard InChI is InChI=1S/C21H25NO4/c1-12-10-22(11-13(2)25-12)20(24)18-15-7-8-21(19(15)18)9-16(23)14-5-3-4-6-17(14)26-21/h3-6,12-13,15,18-19H,7-11H2,1-2H3/t12-,13-,15+,18-,19-,21+/m1/s1. The monoisotopic (exact) mass is 355 g/mol. The minimum atomic E-state index is -0.472.